The van der Waals surface area contributed by atoms with Gasteiger partial charge in [-0.3, -0.25) is 9.80 Å². The second-order valence-electron chi connectivity index (χ2n) is 2.41. The fourth-order valence-corrected chi connectivity index (χ4v) is 1.34. The van der Waals surface area contributed by atoms with Crippen molar-refractivity contribution >= 4 is 5.91 Å². The first kappa shape index (κ1) is 7.54. The molecule has 1 heterocycles. The number of hydrogen-bond acceptors (Lipinski definition) is 2. The number of rotatable bonds is 2. The maximum Gasteiger partial charge on any atom is 0.238 e. The van der Waals surface area contributed by atoms with Gasteiger partial charge in [-0.25, -0.2) is 5.01 Å². The van der Waals surface area contributed by atoms with E-state index in [-0.39, 0.29) is 5.91 Å². The van der Waals surface area contributed by atoms with Gasteiger partial charge in [-0.1, -0.05) is 6.92 Å². The number of hydrogen-bond donors (Lipinski definition) is 0. The van der Waals surface area contributed by atoms with Crippen LogP contribution in [0, 0.1) is 0 Å². The molecule has 3 heteroatoms. The Labute approximate surface area is 61.6 Å². The molecule has 0 N–H and O–H groups in total. The third kappa shape index (κ3) is 1.14. The molecule has 0 spiro atoms. The predicted octanol–water partition coefficient (Wildman–Crippen LogP) is 0.475. The van der Waals surface area contributed by atoms with Crippen LogP contribution >= 0.6 is 0 Å². The van der Waals surface area contributed by atoms with Crippen LogP contribution in [0.1, 0.15) is 20.3 Å². The smallest absolute Gasteiger partial charge is 0.238 e. The average Bonchev–Trinajstić information content (AvgIpc) is 2.30. The van der Waals surface area contributed by atoms with Gasteiger partial charge in [0.25, 0.3) is 0 Å². The van der Waals surface area contributed by atoms with Crippen LogP contribution in [0.5, 0.6) is 0 Å². The standard InChI is InChI=1S/C7H14N2O/c1-3-8-6-5-7(10)9(8)4-2/h3-6H2,1-2H3. The summed E-state index contributed by atoms with van der Waals surface area (Å²) in [4.78, 5) is 11.1. The van der Waals surface area contributed by atoms with E-state index in [0.717, 1.165) is 19.6 Å². The van der Waals surface area contributed by atoms with Crippen molar-refractivity contribution < 1.29 is 4.79 Å². The average molecular weight is 142 g/mol. The van der Waals surface area contributed by atoms with Crippen LogP contribution in [0.3, 0.4) is 0 Å². The Morgan fingerprint density at radius 3 is 2.50 bits per heavy atom. The summed E-state index contributed by atoms with van der Waals surface area (Å²) in [6.45, 7) is 6.74. The van der Waals surface area contributed by atoms with E-state index >= 15 is 0 Å². The van der Waals surface area contributed by atoms with Crippen molar-refractivity contribution in [2.75, 3.05) is 19.6 Å². The normalized spacial score (nSPS) is 20.6. The van der Waals surface area contributed by atoms with Gasteiger partial charge in [0.15, 0.2) is 0 Å². The molecule has 0 unspecified atom stereocenters. The van der Waals surface area contributed by atoms with Gasteiger partial charge in [0, 0.05) is 26.1 Å². The van der Waals surface area contributed by atoms with Gasteiger partial charge in [-0.2, -0.15) is 0 Å². The zero-order chi connectivity index (χ0) is 7.56. The molecule has 0 aliphatic carbocycles. The first-order valence-corrected chi connectivity index (χ1v) is 3.84. The predicted molar refractivity (Wildman–Crippen MR) is 39.3 cm³/mol. The summed E-state index contributed by atoms with van der Waals surface area (Å²) >= 11 is 0. The van der Waals surface area contributed by atoms with Crippen LogP contribution in [0.4, 0.5) is 0 Å². The molecule has 0 aromatic heterocycles. The van der Waals surface area contributed by atoms with E-state index in [9.17, 15) is 4.79 Å². The SMILES string of the molecule is CCN1CCC(=O)N1CC. The summed E-state index contributed by atoms with van der Waals surface area (Å²) in [5.74, 6) is 0.268. The first-order valence-electron chi connectivity index (χ1n) is 3.84. The third-order valence-corrected chi connectivity index (χ3v) is 1.88. The first-order chi connectivity index (χ1) is 4.79. The molecule has 0 aromatic rings. The minimum Gasteiger partial charge on any atom is -0.276 e. The molecule has 58 valence electrons. The van der Waals surface area contributed by atoms with Crippen molar-refractivity contribution in [3.63, 3.8) is 0 Å². The highest BCUT2D eigenvalue weighted by atomic mass is 16.2. The highest BCUT2D eigenvalue weighted by Gasteiger charge is 2.25. The van der Waals surface area contributed by atoms with E-state index in [1.54, 1.807) is 0 Å². The molecule has 1 aliphatic heterocycles. The molecular formula is C7H14N2O. The number of carbonyl (C=O) groups is 1. The molecule has 0 bridgehead atoms. The summed E-state index contributed by atoms with van der Waals surface area (Å²) in [6.07, 6.45) is 0.696. The molecule has 1 saturated heterocycles. The second kappa shape index (κ2) is 3.01. The minimum absolute atomic E-state index is 0.268. The Morgan fingerprint density at radius 1 is 1.40 bits per heavy atom. The summed E-state index contributed by atoms with van der Waals surface area (Å²) in [5.41, 5.74) is 0. The molecule has 0 saturated carbocycles. The lowest BCUT2D eigenvalue weighted by atomic mass is 10.4. The number of nitrogens with zero attached hydrogens (tertiary/aromatic N) is 2. The summed E-state index contributed by atoms with van der Waals surface area (Å²) < 4.78 is 0. The van der Waals surface area contributed by atoms with Crippen LogP contribution in [0.2, 0.25) is 0 Å². The van der Waals surface area contributed by atoms with E-state index < -0.39 is 0 Å². The van der Waals surface area contributed by atoms with Crippen molar-refractivity contribution in [2.24, 2.45) is 0 Å². The van der Waals surface area contributed by atoms with Crippen molar-refractivity contribution in [3.05, 3.63) is 0 Å². The van der Waals surface area contributed by atoms with Crippen LogP contribution in [-0.4, -0.2) is 35.6 Å². The minimum atomic E-state index is 0.268. The molecule has 3 nitrogen and oxygen atoms in total. The number of amides is 1. The molecule has 1 rings (SSSR count). The third-order valence-electron chi connectivity index (χ3n) is 1.88. The van der Waals surface area contributed by atoms with Gasteiger partial charge in [0.2, 0.25) is 5.91 Å². The lowest BCUT2D eigenvalue weighted by molar-refractivity contribution is -0.137. The quantitative estimate of drug-likeness (QED) is 0.559. The van der Waals surface area contributed by atoms with Crippen molar-refractivity contribution in [1.29, 1.82) is 0 Å². The Bertz CT molecular complexity index is 136. The lowest BCUT2D eigenvalue weighted by Gasteiger charge is -2.24. The maximum atomic E-state index is 11.1. The molecule has 1 aliphatic rings. The second-order valence-corrected chi connectivity index (χ2v) is 2.41. The largest absolute Gasteiger partial charge is 0.276 e. The summed E-state index contributed by atoms with van der Waals surface area (Å²) in [6, 6.07) is 0. The number of hydrazine groups is 1. The fraction of sp³-hybridized carbons (Fsp3) is 0.857. The van der Waals surface area contributed by atoms with Gasteiger partial charge >= 0.3 is 0 Å². The van der Waals surface area contributed by atoms with Crippen LogP contribution in [0.25, 0.3) is 0 Å². The Kier molecular flexibility index (Phi) is 2.27. The maximum absolute atomic E-state index is 11.1. The Morgan fingerprint density at radius 2 is 2.10 bits per heavy atom. The van der Waals surface area contributed by atoms with Gasteiger partial charge in [-0.05, 0) is 6.92 Å². The van der Waals surface area contributed by atoms with Crippen LogP contribution < -0.4 is 0 Å². The van der Waals surface area contributed by atoms with Gasteiger partial charge < -0.3 is 0 Å². The van der Waals surface area contributed by atoms with Crippen LogP contribution in [-0.2, 0) is 4.79 Å². The van der Waals surface area contributed by atoms with E-state index in [1.807, 2.05) is 11.9 Å². The van der Waals surface area contributed by atoms with E-state index in [1.165, 1.54) is 0 Å². The van der Waals surface area contributed by atoms with E-state index in [0.29, 0.717) is 6.42 Å². The zero-order valence-corrected chi connectivity index (χ0v) is 6.63. The van der Waals surface area contributed by atoms with Gasteiger partial charge in [-0.15, -0.1) is 0 Å². The molecule has 1 amide bonds. The Hall–Kier alpha value is -0.570. The molecule has 0 atom stereocenters. The fourth-order valence-electron chi connectivity index (χ4n) is 1.34. The Balaban J connectivity index is 2.54. The van der Waals surface area contributed by atoms with Gasteiger partial charge in [0.05, 0.1) is 0 Å². The zero-order valence-electron chi connectivity index (χ0n) is 6.63. The van der Waals surface area contributed by atoms with Crippen molar-refractivity contribution in [1.82, 2.24) is 10.0 Å². The molecule has 10 heavy (non-hydrogen) atoms. The monoisotopic (exact) mass is 142 g/mol. The number of carbonyl (C=O) groups excluding carboxylic acids is 1. The molecule has 0 radical (unpaired) electrons. The highest BCUT2D eigenvalue weighted by Crippen LogP contribution is 2.09. The summed E-state index contributed by atoms with van der Waals surface area (Å²) in [5, 5.41) is 3.91. The van der Waals surface area contributed by atoms with Crippen molar-refractivity contribution in [2.45, 2.75) is 20.3 Å². The van der Waals surface area contributed by atoms with E-state index in [2.05, 4.69) is 11.9 Å². The molecular weight excluding hydrogens is 128 g/mol. The lowest BCUT2D eigenvalue weighted by Crippen LogP contribution is -2.38. The van der Waals surface area contributed by atoms with Crippen molar-refractivity contribution in [3.8, 4) is 0 Å². The van der Waals surface area contributed by atoms with Gasteiger partial charge in [0.1, 0.15) is 0 Å². The summed E-state index contributed by atoms with van der Waals surface area (Å²) in [7, 11) is 0. The molecule has 0 aromatic carbocycles. The highest BCUT2D eigenvalue weighted by molar-refractivity contribution is 5.77. The molecule has 1 fully saturated rings. The van der Waals surface area contributed by atoms with E-state index in [4.69, 9.17) is 0 Å². The topological polar surface area (TPSA) is 23.6 Å². The van der Waals surface area contributed by atoms with Crippen LogP contribution in [0.15, 0.2) is 0 Å².